The third kappa shape index (κ3) is 2.07. The van der Waals surface area contributed by atoms with E-state index in [4.69, 9.17) is 5.73 Å². The average molecular weight is 218 g/mol. The van der Waals surface area contributed by atoms with Crippen LogP contribution in [-0.2, 0) is 6.54 Å². The monoisotopic (exact) mass is 218 g/mol. The molecule has 0 amide bonds. The van der Waals surface area contributed by atoms with Crippen LogP contribution in [0.1, 0.15) is 37.3 Å². The molecule has 1 aliphatic rings. The predicted octanol–water partition coefficient (Wildman–Crippen LogP) is 2.83. The first-order valence-corrected chi connectivity index (χ1v) is 6.32. The number of hydrogen-bond donors (Lipinski definition) is 1. The number of benzene rings is 1. The maximum atomic E-state index is 5.69. The van der Waals surface area contributed by atoms with Crippen molar-refractivity contribution in [3.05, 3.63) is 29.3 Å². The minimum absolute atomic E-state index is 0.642. The molecule has 0 radical (unpaired) electrons. The molecule has 1 atom stereocenters. The highest BCUT2D eigenvalue weighted by Gasteiger charge is 2.22. The summed E-state index contributed by atoms with van der Waals surface area (Å²) >= 11 is 0. The topological polar surface area (TPSA) is 29.3 Å². The van der Waals surface area contributed by atoms with Gasteiger partial charge in [-0.1, -0.05) is 13.0 Å². The third-order valence-corrected chi connectivity index (χ3v) is 3.73. The summed E-state index contributed by atoms with van der Waals surface area (Å²) in [5, 5.41) is 0. The minimum Gasteiger partial charge on any atom is -0.369 e. The van der Waals surface area contributed by atoms with Gasteiger partial charge in [-0.3, -0.25) is 0 Å². The van der Waals surface area contributed by atoms with E-state index in [2.05, 4.69) is 36.9 Å². The molecule has 0 spiro atoms. The fourth-order valence-electron chi connectivity index (χ4n) is 2.69. The van der Waals surface area contributed by atoms with Gasteiger partial charge >= 0.3 is 0 Å². The first-order chi connectivity index (χ1) is 7.76. The molecule has 1 unspecified atom stereocenters. The predicted molar refractivity (Wildman–Crippen MR) is 69.7 cm³/mol. The van der Waals surface area contributed by atoms with Gasteiger partial charge in [-0.2, -0.15) is 0 Å². The Bertz CT molecular complexity index is 360. The van der Waals surface area contributed by atoms with Crippen molar-refractivity contribution in [3.63, 3.8) is 0 Å². The van der Waals surface area contributed by atoms with Crippen molar-refractivity contribution in [1.29, 1.82) is 0 Å². The van der Waals surface area contributed by atoms with E-state index < -0.39 is 0 Å². The van der Waals surface area contributed by atoms with Gasteiger partial charge in [0.1, 0.15) is 0 Å². The van der Waals surface area contributed by atoms with E-state index in [9.17, 15) is 0 Å². The first kappa shape index (κ1) is 11.5. The molecule has 0 saturated carbocycles. The zero-order valence-electron chi connectivity index (χ0n) is 10.4. The summed E-state index contributed by atoms with van der Waals surface area (Å²) in [6.07, 6.45) is 3.92. The molecule has 2 N–H and O–H groups in total. The molecular formula is C14H22N2. The minimum atomic E-state index is 0.642. The number of nitrogens with zero attached hydrogens (tertiary/aromatic N) is 1. The lowest BCUT2D eigenvalue weighted by molar-refractivity contribution is 0.645. The molecule has 2 rings (SSSR count). The van der Waals surface area contributed by atoms with Gasteiger partial charge in [-0.25, -0.2) is 0 Å². The summed E-state index contributed by atoms with van der Waals surface area (Å²) in [6.45, 7) is 6.29. The van der Waals surface area contributed by atoms with Gasteiger partial charge in [0.25, 0.3) is 0 Å². The van der Waals surface area contributed by atoms with E-state index in [1.165, 1.54) is 42.6 Å². The molecule has 1 fully saturated rings. The third-order valence-electron chi connectivity index (χ3n) is 3.73. The fraction of sp³-hybridized carbons (Fsp3) is 0.571. The Labute approximate surface area is 98.4 Å². The molecule has 1 heterocycles. The van der Waals surface area contributed by atoms with Crippen molar-refractivity contribution in [3.8, 4) is 0 Å². The van der Waals surface area contributed by atoms with Gasteiger partial charge in [0.15, 0.2) is 0 Å². The van der Waals surface area contributed by atoms with Gasteiger partial charge in [0, 0.05) is 24.8 Å². The molecule has 0 bridgehead atoms. The first-order valence-electron chi connectivity index (χ1n) is 6.32. The van der Waals surface area contributed by atoms with Crippen molar-refractivity contribution in [2.75, 3.05) is 11.4 Å². The van der Waals surface area contributed by atoms with Crippen LogP contribution in [0.5, 0.6) is 0 Å². The molecule has 0 aromatic heterocycles. The number of nitrogens with two attached hydrogens (primary N) is 1. The summed E-state index contributed by atoms with van der Waals surface area (Å²) in [5.41, 5.74) is 9.65. The number of aryl methyl sites for hydroxylation is 1. The maximum absolute atomic E-state index is 5.69. The van der Waals surface area contributed by atoms with Crippen LogP contribution in [0.3, 0.4) is 0 Å². The molecule has 2 heteroatoms. The maximum Gasteiger partial charge on any atom is 0.0371 e. The number of anilines is 1. The Balaban J connectivity index is 2.23. The van der Waals surface area contributed by atoms with Crippen molar-refractivity contribution >= 4 is 5.69 Å². The summed E-state index contributed by atoms with van der Waals surface area (Å²) in [7, 11) is 0. The largest absolute Gasteiger partial charge is 0.369 e. The van der Waals surface area contributed by atoms with Crippen molar-refractivity contribution in [1.82, 2.24) is 0 Å². The highest BCUT2D eigenvalue weighted by atomic mass is 15.2. The van der Waals surface area contributed by atoms with Gasteiger partial charge in [0.05, 0.1) is 0 Å². The standard InChI is InChI=1S/C14H22N2/c1-3-13-5-4-8-16(13)14-7-6-12(10-15)11(2)9-14/h6-7,9,13H,3-5,8,10,15H2,1-2H3. The van der Waals surface area contributed by atoms with E-state index in [1.54, 1.807) is 0 Å². The molecule has 1 aromatic carbocycles. The van der Waals surface area contributed by atoms with Crippen molar-refractivity contribution < 1.29 is 0 Å². The van der Waals surface area contributed by atoms with E-state index >= 15 is 0 Å². The van der Waals surface area contributed by atoms with E-state index in [0.717, 1.165) is 6.04 Å². The van der Waals surface area contributed by atoms with Crippen LogP contribution in [0.15, 0.2) is 18.2 Å². The summed E-state index contributed by atoms with van der Waals surface area (Å²) < 4.78 is 0. The Hall–Kier alpha value is -1.02. The van der Waals surface area contributed by atoms with Crippen LogP contribution in [0.25, 0.3) is 0 Å². The fourth-order valence-corrected chi connectivity index (χ4v) is 2.69. The lowest BCUT2D eigenvalue weighted by Crippen LogP contribution is -2.28. The van der Waals surface area contributed by atoms with Crippen molar-refractivity contribution in [2.45, 2.75) is 45.7 Å². The molecular weight excluding hydrogens is 196 g/mol. The highest BCUT2D eigenvalue weighted by Crippen LogP contribution is 2.28. The zero-order chi connectivity index (χ0) is 11.5. The SMILES string of the molecule is CCC1CCCN1c1ccc(CN)c(C)c1. The molecule has 1 aliphatic heterocycles. The van der Waals surface area contributed by atoms with Crippen molar-refractivity contribution in [2.24, 2.45) is 5.73 Å². The molecule has 2 nitrogen and oxygen atoms in total. The summed E-state index contributed by atoms with van der Waals surface area (Å²) in [6, 6.07) is 7.43. The second kappa shape index (κ2) is 4.88. The molecule has 88 valence electrons. The second-order valence-corrected chi connectivity index (χ2v) is 4.71. The van der Waals surface area contributed by atoms with Gasteiger partial charge in [-0.05, 0) is 49.4 Å². The lowest BCUT2D eigenvalue weighted by atomic mass is 10.1. The van der Waals surface area contributed by atoms with Gasteiger partial charge in [0.2, 0.25) is 0 Å². The zero-order valence-corrected chi connectivity index (χ0v) is 10.4. The van der Waals surface area contributed by atoms with Gasteiger partial charge in [-0.15, -0.1) is 0 Å². The van der Waals surface area contributed by atoms with Gasteiger partial charge < -0.3 is 10.6 Å². The Morgan fingerprint density at radius 2 is 2.25 bits per heavy atom. The summed E-state index contributed by atoms with van der Waals surface area (Å²) in [4.78, 5) is 2.55. The molecule has 1 aromatic rings. The van der Waals surface area contributed by atoms with Crippen LogP contribution < -0.4 is 10.6 Å². The van der Waals surface area contributed by atoms with Crippen LogP contribution in [0.4, 0.5) is 5.69 Å². The smallest absolute Gasteiger partial charge is 0.0371 e. The Morgan fingerprint density at radius 3 is 2.88 bits per heavy atom. The summed E-state index contributed by atoms with van der Waals surface area (Å²) in [5.74, 6) is 0. The van der Waals surface area contributed by atoms with E-state index in [1.807, 2.05) is 0 Å². The Kier molecular flexibility index (Phi) is 3.49. The van der Waals surface area contributed by atoms with E-state index in [-0.39, 0.29) is 0 Å². The van der Waals surface area contributed by atoms with Crippen LogP contribution >= 0.6 is 0 Å². The highest BCUT2D eigenvalue weighted by molar-refractivity contribution is 5.52. The van der Waals surface area contributed by atoms with Crippen LogP contribution in [-0.4, -0.2) is 12.6 Å². The Morgan fingerprint density at radius 1 is 1.44 bits per heavy atom. The van der Waals surface area contributed by atoms with Crippen LogP contribution in [0.2, 0.25) is 0 Å². The lowest BCUT2D eigenvalue weighted by Gasteiger charge is -2.26. The second-order valence-electron chi connectivity index (χ2n) is 4.71. The van der Waals surface area contributed by atoms with Crippen LogP contribution in [0, 0.1) is 6.92 Å². The number of rotatable bonds is 3. The molecule has 16 heavy (non-hydrogen) atoms. The average Bonchev–Trinajstić information content (AvgIpc) is 2.77. The molecule has 1 saturated heterocycles. The molecule has 0 aliphatic carbocycles. The van der Waals surface area contributed by atoms with E-state index in [0.29, 0.717) is 6.54 Å². The number of hydrogen-bond acceptors (Lipinski definition) is 2. The normalized spacial score (nSPS) is 20.4. The quantitative estimate of drug-likeness (QED) is 0.845.